The Labute approximate surface area is 211 Å². The zero-order chi connectivity index (χ0) is 24.7. The summed E-state index contributed by atoms with van der Waals surface area (Å²) in [7, 11) is 0. The Hall–Kier alpha value is -4.31. The molecule has 1 N–H and O–H groups in total. The molecule has 4 heteroatoms. The molecule has 0 saturated carbocycles. The molecule has 5 rings (SSSR count). The maximum absolute atomic E-state index is 11.1. The van der Waals surface area contributed by atoms with E-state index in [0.29, 0.717) is 13.0 Å². The number of carboxylic acids is 1. The van der Waals surface area contributed by atoms with Crippen molar-refractivity contribution in [3.8, 4) is 11.4 Å². The first-order valence-corrected chi connectivity index (χ1v) is 12.3. The summed E-state index contributed by atoms with van der Waals surface area (Å²) in [4.78, 5) is 11.1. The SMILES string of the molecule is O=C(O)CCc1ccc2c(c1)c(CCc1ccccc1)cn2-c1cccc(OCc2ccccc2)c1. The van der Waals surface area contributed by atoms with E-state index in [1.807, 2.05) is 42.5 Å². The lowest BCUT2D eigenvalue weighted by Crippen LogP contribution is -1.98. The number of carboxylic acid groups (broad SMARTS) is 1. The molecule has 1 heterocycles. The normalized spacial score (nSPS) is 11.0. The van der Waals surface area contributed by atoms with Crippen LogP contribution in [0.3, 0.4) is 0 Å². The summed E-state index contributed by atoms with van der Waals surface area (Å²) >= 11 is 0. The van der Waals surface area contributed by atoms with Crippen molar-refractivity contribution < 1.29 is 14.6 Å². The van der Waals surface area contributed by atoms with Gasteiger partial charge in [0, 0.05) is 29.8 Å². The molecule has 5 aromatic rings. The summed E-state index contributed by atoms with van der Waals surface area (Å²) in [5, 5.41) is 10.3. The molecule has 4 nitrogen and oxygen atoms in total. The van der Waals surface area contributed by atoms with E-state index in [0.717, 1.165) is 40.9 Å². The van der Waals surface area contributed by atoms with Gasteiger partial charge in [0.05, 0.1) is 5.52 Å². The summed E-state index contributed by atoms with van der Waals surface area (Å²) < 4.78 is 8.30. The Morgan fingerprint density at radius 1 is 0.722 bits per heavy atom. The van der Waals surface area contributed by atoms with Gasteiger partial charge in [-0.15, -0.1) is 0 Å². The highest BCUT2D eigenvalue weighted by molar-refractivity contribution is 5.86. The Bertz CT molecular complexity index is 1460. The zero-order valence-electron chi connectivity index (χ0n) is 20.1. The molecule has 0 atom stereocenters. The molecule has 0 amide bonds. The van der Waals surface area contributed by atoms with E-state index in [1.165, 1.54) is 16.5 Å². The quantitative estimate of drug-likeness (QED) is 0.236. The minimum Gasteiger partial charge on any atom is -0.489 e. The average Bonchev–Trinajstić information content (AvgIpc) is 3.29. The predicted octanol–water partition coefficient (Wildman–Crippen LogP) is 7.01. The third-order valence-electron chi connectivity index (χ3n) is 6.45. The van der Waals surface area contributed by atoms with Crippen molar-refractivity contribution in [2.75, 3.05) is 0 Å². The van der Waals surface area contributed by atoms with Crippen molar-refractivity contribution in [2.45, 2.75) is 32.3 Å². The maximum Gasteiger partial charge on any atom is 0.303 e. The standard InChI is InChI=1S/C32H29NO3/c34-32(35)19-16-25-15-18-31-30(20-25)27(17-14-24-8-3-1-4-9-24)22-33(31)28-12-7-13-29(21-28)36-23-26-10-5-2-6-11-26/h1-13,15,18,20-22H,14,16-17,19,23H2,(H,34,35). The summed E-state index contributed by atoms with van der Waals surface area (Å²) in [6, 6.07) is 35.1. The molecule has 1 aromatic heterocycles. The lowest BCUT2D eigenvalue weighted by molar-refractivity contribution is -0.136. The highest BCUT2D eigenvalue weighted by Crippen LogP contribution is 2.29. The van der Waals surface area contributed by atoms with Crippen LogP contribution in [0.4, 0.5) is 0 Å². The first-order chi connectivity index (χ1) is 17.7. The van der Waals surface area contributed by atoms with Gasteiger partial charge in [-0.05, 0) is 65.8 Å². The number of aliphatic carboxylic acids is 1. The molecule has 180 valence electrons. The first kappa shape index (κ1) is 23.4. The molecule has 0 unspecified atom stereocenters. The van der Waals surface area contributed by atoms with Gasteiger partial charge in [-0.2, -0.15) is 0 Å². The van der Waals surface area contributed by atoms with Gasteiger partial charge >= 0.3 is 5.97 Å². The maximum atomic E-state index is 11.1. The molecule has 4 aromatic carbocycles. The molecule has 0 bridgehead atoms. The van der Waals surface area contributed by atoms with E-state index < -0.39 is 5.97 Å². The number of rotatable bonds is 10. The average molecular weight is 476 g/mol. The molecule has 0 aliphatic rings. The smallest absolute Gasteiger partial charge is 0.303 e. The van der Waals surface area contributed by atoms with Crippen LogP contribution in [0.1, 0.15) is 28.7 Å². The van der Waals surface area contributed by atoms with E-state index >= 15 is 0 Å². The number of aryl methyl sites for hydroxylation is 3. The van der Waals surface area contributed by atoms with E-state index in [1.54, 1.807) is 0 Å². The van der Waals surface area contributed by atoms with Crippen molar-refractivity contribution in [3.05, 3.63) is 132 Å². The van der Waals surface area contributed by atoms with Crippen LogP contribution in [0.5, 0.6) is 5.75 Å². The summed E-state index contributed by atoms with van der Waals surface area (Å²) in [5.41, 5.74) is 6.88. The topological polar surface area (TPSA) is 51.5 Å². The third kappa shape index (κ3) is 5.66. The second-order valence-electron chi connectivity index (χ2n) is 9.03. The van der Waals surface area contributed by atoms with Gasteiger partial charge in [-0.1, -0.05) is 72.8 Å². The minimum absolute atomic E-state index is 0.131. The number of carbonyl (C=O) groups is 1. The van der Waals surface area contributed by atoms with Crippen molar-refractivity contribution in [1.82, 2.24) is 4.57 Å². The van der Waals surface area contributed by atoms with Gasteiger partial charge in [0.25, 0.3) is 0 Å². The molecule has 0 aliphatic carbocycles. The lowest BCUT2D eigenvalue weighted by Gasteiger charge is -2.10. The molecule has 0 radical (unpaired) electrons. The Morgan fingerprint density at radius 3 is 2.22 bits per heavy atom. The fourth-order valence-electron chi connectivity index (χ4n) is 4.55. The molecular weight excluding hydrogens is 446 g/mol. The fraction of sp³-hybridized carbons (Fsp3) is 0.156. The van der Waals surface area contributed by atoms with Gasteiger partial charge < -0.3 is 14.4 Å². The van der Waals surface area contributed by atoms with E-state index in [4.69, 9.17) is 9.84 Å². The van der Waals surface area contributed by atoms with E-state index in [9.17, 15) is 4.79 Å². The van der Waals surface area contributed by atoms with Crippen LogP contribution in [0.15, 0.2) is 109 Å². The Balaban J connectivity index is 1.46. The van der Waals surface area contributed by atoms with Crippen LogP contribution in [-0.4, -0.2) is 15.6 Å². The van der Waals surface area contributed by atoms with Gasteiger partial charge in [0.2, 0.25) is 0 Å². The summed E-state index contributed by atoms with van der Waals surface area (Å²) in [6.45, 7) is 0.520. The zero-order valence-corrected chi connectivity index (χ0v) is 20.1. The van der Waals surface area contributed by atoms with Crippen LogP contribution in [-0.2, 0) is 30.7 Å². The van der Waals surface area contributed by atoms with Crippen LogP contribution in [0.2, 0.25) is 0 Å². The second kappa shape index (κ2) is 11.0. The number of nitrogens with zero attached hydrogens (tertiary/aromatic N) is 1. The van der Waals surface area contributed by atoms with Gasteiger partial charge in [0.1, 0.15) is 12.4 Å². The summed E-state index contributed by atoms with van der Waals surface area (Å²) in [5.74, 6) is 0.0476. The summed E-state index contributed by atoms with van der Waals surface area (Å²) in [6.07, 6.45) is 4.72. The van der Waals surface area contributed by atoms with Crippen LogP contribution in [0, 0.1) is 0 Å². The number of ether oxygens (including phenoxy) is 1. The third-order valence-corrected chi connectivity index (χ3v) is 6.45. The largest absolute Gasteiger partial charge is 0.489 e. The van der Waals surface area contributed by atoms with Gasteiger partial charge in [0.15, 0.2) is 0 Å². The monoisotopic (exact) mass is 475 g/mol. The van der Waals surface area contributed by atoms with Crippen molar-refractivity contribution >= 4 is 16.9 Å². The molecule has 0 aliphatic heterocycles. The van der Waals surface area contributed by atoms with Crippen LogP contribution in [0.25, 0.3) is 16.6 Å². The lowest BCUT2D eigenvalue weighted by atomic mass is 10.0. The number of hydrogen-bond donors (Lipinski definition) is 1. The van der Waals surface area contributed by atoms with E-state index in [2.05, 4.69) is 71.4 Å². The molecule has 36 heavy (non-hydrogen) atoms. The fourth-order valence-corrected chi connectivity index (χ4v) is 4.55. The number of fused-ring (bicyclic) bond motifs is 1. The molecule has 0 fully saturated rings. The van der Waals surface area contributed by atoms with Crippen molar-refractivity contribution in [2.24, 2.45) is 0 Å². The van der Waals surface area contributed by atoms with Crippen molar-refractivity contribution in [1.29, 1.82) is 0 Å². The highest BCUT2D eigenvalue weighted by Gasteiger charge is 2.12. The Morgan fingerprint density at radius 2 is 1.47 bits per heavy atom. The van der Waals surface area contributed by atoms with Gasteiger partial charge in [-0.3, -0.25) is 4.79 Å². The van der Waals surface area contributed by atoms with Crippen LogP contribution < -0.4 is 4.74 Å². The minimum atomic E-state index is -0.774. The van der Waals surface area contributed by atoms with E-state index in [-0.39, 0.29) is 6.42 Å². The Kier molecular flexibility index (Phi) is 7.13. The van der Waals surface area contributed by atoms with Crippen molar-refractivity contribution in [3.63, 3.8) is 0 Å². The molecule has 0 saturated heterocycles. The molecular formula is C32H29NO3. The second-order valence-corrected chi connectivity index (χ2v) is 9.03. The van der Waals surface area contributed by atoms with Crippen LogP contribution >= 0.6 is 0 Å². The van der Waals surface area contributed by atoms with Gasteiger partial charge in [-0.25, -0.2) is 0 Å². The highest BCUT2D eigenvalue weighted by atomic mass is 16.5. The molecule has 0 spiro atoms. The first-order valence-electron chi connectivity index (χ1n) is 12.3. The number of benzene rings is 4. The predicted molar refractivity (Wildman–Crippen MR) is 144 cm³/mol. The number of hydrogen-bond acceptors (Lipinski definition) is 2. The number of aromatic nitrogens is 1.